The van der Waals surface area contributed by atoms with E-state index in [2.05, 4.69) is 68.1 Å². The Morgan fingerprint density at radius 3 is 2.52 bits per heavy atom. The van der Waals surface area contributed by atoms with Crippen LogP contribution in [-0.2, 0) is 16.1 Å². The molecular weight excluding hydrogens is 671 g/mol. The maximum Gasteiger partial charge on any atom is 0.264 e. The predicted molar refractivity (Wildman–Crippen MR) is 172 cm³/mol. The van der Waals surface area contributed by atoms with Gasteiger partial charge < -0.3 is 9.47 Å². The third kappa shape index (κ3) is 7.42. The summed E-state index contributed by atoms with van der Waals surface area (Å²) >= 11 is 2.16. The summed E-state index contributed by atoms with van der Waals surface area (Å²) in [5.74, 6) is 0.437. The number of hydrogen-bond donors (Lipinski definition) is 1. The van der Waals surface area contributed by atoms with E-state index in [4.69, 9.17) is 14.5 Å². The van der Waals surface area contributed by atoms with Crippen LogP contribution in [-0.4, -0.2) is 49.6 Å². The van der Waals surface area contributed by atoms with E-state index >= 15 is 0 Å². The number of carbonyl (C=O) groups excluding carboxylic acids is 1. The molecule has 12 heteroatoms. The van der Waals surface area contributed by atoms with E-state index in [0.29, 0.717) is 40.5 Å². The fourth-order valence-electron chi connectivity index (χ4n) is 4.60. The second kappa shape index (κ2) is 14.2. The summed E-state index contributed by atoms with van der Waals surface area (Å²) in [7, 11) is 1.68. The first kappa shape index (κ1) is 30.7. The quantitative estimate of drug-likeness (QED) is 0.172. The number of methoxy groups -OCH3 is 1. The lowest BCUT2D eigenvalue weighted by molar-refractivity contribution is -0.118. The van der Waals surface area contributed by atoms with E-state index in [0.717, 1.165) is 15.0 Å². The summed E-state index contributed by atoms with van der Waals surface area (Å²) in [5, 5.41) is 21.2. The number of anilines is 1. The Hall–Kier alpha value is -4.74. The van der Waals surface area contributed by atoms with E-state index in [1.54, 1.807) is 48.3 Å². The average molecular weight is 701 g/mol. The van der Waals surface area contributed by atoms with Crippen molar-refractivity contribution in [3.05, 3.63) is 99.5 Å². The van der Waals surface area contributed by atoms with Crippen LogP contribution in [0.25, 0.3) is 22.6 Å². The van der Waals surface area contributed by atoms with E-state index in [1.807, 2.05) is 42.5 Å². The number of para-hydroxylation sites is 1. The van der Waals surface area contributed by atoms with Gasteiger partial charge >= 0.3 is 0 Å². The molecule has 222 valence electrons. The Labute approximate surface area is 268 Å². The molecule has 1 N–H and O–H groups in total. The van der Waals surface area contributed by atoms with Crippen molar-refractivity contribution < 1.29 is 14.3 Å². The molecule has 0 aliphatic rings. The highest BCUT2D eigenvalue weighted by Gasteiger charge is 2.19. The molecule has 1 unspecified atom stereocenters. The molecule has 0 aliphatic carbocycles. The lowest BCUT2D eigenvalue weighted by Gasteiger charge is -2.19. The fraction of sp³-hybridized carbons (Fsp3) is 0.219. The van der Waals surface area contributed by atoms with Gasteiger partial charge in [-0.2, -0.15) is 5.26 Å². The fourth-order valence-corrected chi connectivity index (χ4v) is 5.38. The monoisotopic (exact) mass is 700 g/mol. The molecule has 0 saturated carbocycles. The summed E-state index contributed by atoms with van der Waals surface area (Å²) in [6, 6.07) is 24.2. The second-order valence-electron chi connectivity index (χ2n) is 10.1. The molecular formula is C32H29IN8O3. The number of amides is 1. The van der Waals surface area contributed by atoms with Gasteiger partial charge in [-0.25, -0.2) is 14.6 Å². The number of carbonyl (C=O) groups is 1. The summed E-state index contributed by atoms with van der Waals surface area (Å²) in [5.41, 5.74) is 4.06. The molecule has 3 heterocycles. The molecule has 0 radical (unpaired) electrons. The molecule has 0 fully saturated rings. The van der Waals surface area contributed by atoms with Crippen molar-refractivity contribution >= 4 is 34.4 Å². The lowest BCUT2D eigenvalue weighted by Crippen LogP contribution is -2.21. The third-order valence-electron chi connectivity index (χ3n) is 6.59. The largest absolute Gasteiger partial charge is 0.484 e. The van der Waals surface area contributed by atoms with Crippen molar-refractivity contribution in [1.82, 2.24) is 29.9 Å². The normalized spacial score (nSPS) is 11.6. The van der Waals surface area contributed by atoms with Gasteiger partial charge in [0, 0.05) is 16.2 Å². The van der Waals surface area contributed by atoms with Crippen LogP contribution >= 0.6 is 22.6 Å². The van der Waals surface area contributed by atoms with Gasteiger partial charge in [0.05, 0.1) is 47.1 Å². The van der Waals surface area contributed by atoms with Crippen LogP contribution in [0.5, 0.6) is 5.75 Å². The topological polar surface area (TPSA) is 141 Å². The molecule has 5 aromatic rings. The number of aromatic nitrogens is 6. The first-order valence-electron chi connectivity index (χ1n) is 13.8. The zero-order chi connectivity index (χ0) is 31.1. The smallest absolute Gasteiger partial charge is 0.264 e. The van der Waals surface area contributed by atoms with Gasteiger partial charge in [-0.1, -0.05) is 49.4 Å². The minimum atomic E-state index is -0.439. The highest BCUT2D eigenvalue weighted by molar-refractivity contribution is 14.1. The first-order chi connectivity index (χ1) is 21.3. The Kier molecular flexibility index (Phi) is 9.88. The van der Waals surface area contributed by atoms with Crippen LogP contribution in [0.1, 0.15) is 36.9 Å². The van der Waals surface area contributed by atoms with Crippen molar-refractivity contribution in [1.29, 1.82) is 5.26 Å². The molecule has 0 bridgehead atoms. The molecule has 44 heavy (non-hydrogen) atoms. The number of rotatable bonds is 11. The van der Waals surface area contributed by atoms with E-state index in [9.17, 15) is 10.1 Å². The molecule has 11 nitrogen and oxygen atoms in total. The number of ether oxygens (including phenoxy) is 2. The molecule has 0 spiro atoms. The molecule has 0 aliphatic heterocycles. The van der Waals surface area contributed by atoms with Gasteiger partial charge in [0.2, 0.25) is 5.95 Å². The van der Waals surface area contributed by atoms with Crippen LogP contribution in [0, 0.1) is 20.8 Å². The molecule has 0 saturated heterocycles. The van der Waals surface area contributed by atoms with Crippen LogP contribution in [0.3, 0.4) is 0 Å². The predicted octanol–water partition coefficient (Wildman–Crippen LogP) is 5.68. The van der Waals surface area contributed by atoms with E-state index < -0.39 is 5.91 Å². The number of benzene rings is 2. The van der Waals surface area contributed by atoms with Crippen LogP contribution in [0.4, 0.5) is 5.95 Å². The SMILES string of the molecule is COC(c1cccc(Cn2cc(-c3cc(-c4c(I)cccc4C#N)nc(NC(=O)COc4ccccc4)n3)nn2)n1)C(C)C. The van der Waals surface area contributed by atoms with E-state index in [-0.39, 0.29) is 24.6 Å². The van der Waals surface area contributed by atoms with Crippen molar-refractivity contribution in [2.45, 2.75) is 26.5 Å². The van der Waals surface area contributed by atoms with Crippen LogP contribution < -0.4 is 10.1 Å². The van der Waals surface area contributed by atoms with Crippen molar-refractivity contribution in [3.8, 4) is 34.5 Å². The van der Waals surface area contributed by atoms with Gasteiger partial charge in [-0.3, -0.25) is 15.1 Å². The molecule has 1 atom stereocenters. The standard InChI is InChI=1S/C32H29IN8O3/c1-20(2)31(43-3)25-14-8-10-22(35-25)17-41-18-28(39-40-41)26-15-27(30-21(16-34)9-7-13-24(30)33)37-32(36-26)38-29(42)19-44-23-11-5-4-6-12-23/h4-15,18,20,31H,17,19H2,1-3H3,(H,36,37,38,42). The van der Waals surface area contributed by atoms with Gasteiger partial charge in [-0.15, -0.1) is 5.10 Å². The van der Waals surface area contributed by atoms with Crippen LogP contribution in [0.15, 0.2) is 79.0 Å². The second-order valence-corrected chi connectivity index (χ2v) is 11.3. The molecule has 1 amide bonds. The number of nitriles is 1. The zero-order valence-corrected chi connectivity index (χ0v) is 26.5. The van der Waals surface area contributed by atoms with Gasteiger partial charge in [-0.05, 0) is 71.0 Å². The maximum absolute atomic E-state index is 12.8. The lowest BCUT2D eigenvalue weighted by atomic mass is 10.0. The molecule has 5 rings (SSSR count). The van der Waals surface area contributed by atoms with Crippen molar-refractivity contribution in [2.24, 2.45) is 5.92 Å². The molecule has 3 aromatic heterocycles. The maximum atomic E-state index is 12.8. The van der Waals surface area contributed by atoms with Gasteiger partial charge in [0.15, 0.2) is 6.61 Å². The van der Waals surface area contributed by atoms with Gasteiger partial charge in [0.25, 0.3) is 5.91 Å². The number of halogens is 1. The highest BCUT2D eigenvalue weighted by atomic mass is 127. The Bertz CT molecular complexity index is 1800. The number of hydrogen-bond acceptors (Lipinski definition) is 9. The average Bonchev–Trinajstić information content (AvgIpc) is 3.49. The summed E-state index contributed by atoms with van der Waals surface area (Å²) in [6.45, 7) is 4.32. The third-order valence-corrected chi connectivity index (χ3v) is 7.48. The Morgan fingerprint density at radius 1 is 1.00 bits per heavy atom. The minimum absolute atomic E-state index is 0.0471. The summed E-state index contributed by atoms with van der Waals surface area (Å²) in [6.07, 6.45) is 1.63. The Balaban J connectivity index is 1.45. The van der Waals surface area contributed by atoms with Gasteiger partial charge in [0.1, 0.15) is 17.5 Å². The summed E-state index contributed by atoms with van der Waals surface area (Å²) in [4.78, 5) is 26.7. The van der Waals surface area contributed by atoms with E-state index in [1.165, 1.54) is 0 Å². The summed E-state index contributed by atoms with van der Waals surface area (Å²) < 4.78 is 13.7. The number of nitrogens with one attached hydrogen (secondary N) is 1. The molecule has 2 aromatic carbocycles. The highest BCUT2D eigenvalue weighted by Crippen LogP contribution is 2.31. The van der Waals surface area contributed by atoms with Crippen molar-refractivity contribution in [2.75, 3.05) is 19.0 Å². The first-order valence-corrected chi connectivity index (χ1v) is 14.9. The van der Waals surface area contributed by atoms with Crippen molar-refractivity contribution in [3.63, 3.8) is 0 Å². The van der Waals surface area contributed by atoms with Crippen LogP contribution in [0.2, 0.25) is 0 Å². The minimum Gasteiger partial charge on any atom is -0.484 e. The number of pyridine rings is 1. The zero-order valence-electron chi connectivity index (χ0n) is 24.3. The number of nitrogens with zero attached hydrogens (tertiary/aromatic N) is 7. The Morgan fingerprint density at radius 2 is 1.77 bits per heavy atom.